The highest BCUT2D eigenvalue weighted by Crippen LogP contribution is 2.51. The number of hydrogen-bond donors (Lipinski definition) is 1. The lowest BCUT2D eigenvalue weighted by molar-refractivity contribution is 0.0954. The number of aliphatic hydroxyl groups is 1. The first-order valence-corrected chi connectivity index (χ1v) is 4.68. The number of fused-ring (bicyclic) bond motifs is 1. The van der Waals surface area contributed by atoms with E-state index in [1.54, 1.807) is 0 Å². The van der Waals surface area contributed by atoms with Crippen LogP contribution in [0, 0.1) is 0 Å². The molecule has 0 aromatic heterocycles. The summed E-state index contributed by atoms with van der Waals surface area (Å²) in [7, 11) is 0. The number of hydrogen-bond acceptors (Lipinski definition) is 2. The lowest BCUT2D eigenvalue weighted by atomic mass is 9.83. The summed E-state index contributed by atoms with van der Waals surface area (Å²) in [6, 6.07) is 0. The first-order valence-electron chi connectivity index (χ1n) is 4.68. The number of ether oxygens (including phenoxy) is 1. The van der Waals surface area contributed by atoms with Gasteiger partial charge in [-0.05, 0) is 25.3 Å². The summed E-state index contributed by atoms with van der Waals surface area (Å²) in [6.45, 7) is 5.64. The molecule has 0 radical (unpaired) electrons. The fourth-order valence-corrected chi connectivity index (χ4v) is 2.28. The van der Waals surface area contributed by atoms with Crippen LogP contribution in [-0.2, 0) is 4.74 Å². The minimum Gasteiger partial charge on any atom is -0.386 e. The van der Waals surface area contributed by atoms with E-state index in [0.29, 0.717) is 6.10 Å². The average Bonchev–Trinajstić information content (AvgIpc) is 2.77. The summed E-state index contributed by atoms with van der Waals surface area (Å²) in [5.41, 5.74) is 0.615. The average molecular weight is 168 g/mol. The third-order valence-electron chi connectivity index (χ3n) is 3.06. The molecule has 0 aromatic rings. The van der Waals surface area contributed by atoms with E-state index in [-0.39, 0.29) is 5.60 Å². The van der Waals surface area contributed by atoms with Gasteiger partial charge in [0, 0.05) is 0 Å². The predicted octanol–water partition coefficient (Wildman–Crippen LogP) is 1.64. The van der Waals surface area contributed by atoms with E-state index in [1.807, 2.05) is 6.92 Å². The summed E-state index contributed by atoms with van der Waals surface area (Å²) in [6.07, 6.45) is 4.42. The zero-order valence-electron chi connectivity index (χ0n) is 7.55. The van der Waals surface area contributed by atoms with Crippen molar-refractivity contribution in [3.05, 3.63) is 12.2 Å². The lowest BCUT2D eigenvalue weighted by Gasteiger charge is -2.22. The Morgan fingerprint density at radius 1 is 1.67 bits per heavy atom. The van der Waals surface area contributed by atoms with Gasteiger partial charge >= 0.3 is 0 Å². The third-order valence-corrected chi connectivity index (χ3v) is 3.06. The van der Waals surface area contributed by atoms with E-state index < -0.39 is 6.10 Å². The van der Waals surface area contributed by atoms with E-state index in [9.17, 15) is 5.11 Å². The maximum atomic E-state index is 9.83. The van der Waals surface area contributed by atoms with Gasteiger partial charge in [-0.2, -0.15) is 0 Å². The van der Waals surface area contributed by atoms with Crippen LogP contribution < -0.4 is 0 Å². The Morgan fingerprint density at radius 3 is 3.00 bits per heavy atom. The van der Waals surface area contributed by atoms with Gasteiger partial charge in [-0.25, -0.2) is 0 Å². The fourth-order valence-electron chi connectivity index (χ4n) is 2.28. The van der Waals surface area contributed by atoms with Crippen molar-refractivity contribution < 1.29 is 9.84 Å². The van der Waals surface area contributed by atoms with Crippen molar-refractivity contribution in [2.45, 2.75) is 50.4 Å². The van der Waals surface area contributed by atoms with Gasteiger partial charge in [0.15, 0.2) is 0 Å². The van der Waals surface area contributed by atoms with Crippen LogP contribution in [0.1, 0.15) is 32.6 Å². The quantitative estimate of drug-likeness (QED) is 0.502. The van der Waals surface area contributed by atoms with Crippen LogP contribution >= 0.6 is 0 Å². The van der Waals surface area contributed by atoms with E-state index in [1.165, 1.54) is 12.8 Å². The molecule has 2 nitrogen and oxygen atoms in total. The molecule has 2 aliphatic rings. The van der Waals surface area contributed by atoms with Crippen LogP contribution in [0.2, 0.25) is 0 Å². The lowest BCUT2D eigenvalue weighted by Crippen LogP contribution is -2.34. The minimum atomic E-state index is -0.442. The Labute approximate surface area is 73.2 Å². The molecule has 0 spiro atoms. The number of aliphatic hydroxyl groups excluding tert-OH is 1. The molecule has 0 amide bonds. The SMILES string of the molecule is C=C(C)[C@H](O)[C@@]12CCCC[C@@H]1O2. The Bertz CT molecular complexity index is 212. The highest BCUT2D eigenvalue weighted by Gasteiger charge is 2.61. The van der Waals surface area contributed by atoms with E-state index in [4.69, 9.17) is 4.74 Å². The molecule has 12 heavy (non-hydrogen) atoms. The first-order chi connectivity index (χ1) is 5.67. The maximum Gasteiger partial charge on any atom is 0.124 e. The molecule has 2 heteroatoms. The van der Waals surface area contributed by atoms with E-state index >= 15 is 0 Å². The van der Waals surface area contributed by atoms with Crippen molar-refractivity contribution in [3.8, 4) is 0 Å². The van der Waals surface area contributed by atoms with Gasteiger partial charge in [0.2, 0.25) is 0 Å². The highest BCUT2D eigenvalue weighted by molar-refractivity contribution is 5.18. The molecule has 0 unspecified atom stereocenters. The molecule has 2 rings (SSSR count). The Kier molecular flexibility index (Phi) is 1.77. The summed E-state index contributed by atoms with van der Waals surface area (Å²) in [5.74, 6) is 0. The molecular formula is C10H16O2. The Hall–Kier alpha value is -0.340. The fraction of sp³-hybridized carbons (Fsp3) is 0.800. The minimum absolute atomic E-state index is 0.218. The number of epoxide rings is 1. The van der Waals surface area contributed by atoms with Crippen molar-refractivity contribution in [1.82, 2.24) is 0 Å². The second-order valence-electron chi connectivity index (χ2n) is 4.06. The van der Waals surface area contributed by atoms with Gasteiger partial charge in [-0.15, -0.1) is 0 Å². The molecule has 1 aliphatic carbocycles. The molecule has 68 valence electrons. The van der Waals surface area contributed by atoms with Crippen LogP contribution in [0.25, 0.3) is 0 Å². The smallest absolute Gasteiger partial charge is 0.124 e. The third kappa shape index (κ3) is 1.02. The molecule has 1 N–H and O–H groups in total. The standard InChI is InChI=1S/C10H16O2/c1-7(2)9(11)10-6-4-3-5-8(10)12-10/h8-9,11H,1,3-6H2,2H3/t8-,9-,10+/m0/s1. The predicted molar refractivity (Wildman–Crippen MR) is 46.9 cm³/mol. The van der Waals surface area contributed by atoms with Gasteiger partial charge in [-0.1, -0.05) is 19.4 Å². The summed E-state index contributed by atoms with van der Waals surface area (Å²) in [4.78, 5) is 0. The summed E-state index contributed by atoms with van der Waals surface area (Å²) in [5, 5.41) is 9.83. The van der Waals surface area contributed by atoms with Crippen LogP contribution in [0.15, 0.2) is 12.2 Å². The Morgan fingerprint density at radius 2 is 2.42 bits per heavy atom. The topological polar surface area (TPSA) is 32.8 Å². The number of rotatable bonds is 2. The second-order valence-corrected chi connectivity index (χ2v) is 4.06. The van der Waals surface area contributed by atoms with Gasteiger partial charge in [0.25, 0.3) is 0 Å². The molecule has 3 atom stereocenters. The summed E-state index contributed by atoms with van der Waals surface area (Å²) < 4.78 is 5.58. The van der Waals surface area contributed by atoms with Gasteiger partial charge in [0.1, 0.15) is 11.7 Å². The zero-order chi connectivity index (χ0) is 8.77. The van der Waals surface area contributed by atoms with Gasteiger partial charge < -0.3 is 9.84 Å². The molecule has 1 heterocycles. The molecule has 0 aromatic carbocycles. The molecule has 1 aliphatic heterocycles. The molecular weight excluding hydrogens is 152 g/mol. The van der Waals surface area contributed by atoms with Crippen molar-refractivity contribution in [2.75, 3.05) is 0 Å². The van der Waals surface area contributed by atoms with Crippen LogP contribution in [0.5, 0.6) is 0 Å². The van der Waals surface area contributed by atoms with Gasteiger partial charge in [-0.3, -0.25) is 0 Å². The molecule has 2 fully saturated rings. The van der Waals surface area contributed by atoms with Crippen molar-refractivity contribution >= 4 is 0 Å². The van der Waals surface area contributed by atoms with Crippen molar-refractivity contribution in [3.63, 3.8) is 0 Å². The zero-order valence-corrected chi connectivity index (χ0v) is 7.55. The Balaban J connectivity index is 2.08. The summed E-state index contributed by atoms with van der Waals surface area (Å²) >= 11 is 0. The monoisotopic (exact) mass is 168 g/mol. The maximum absolute atomic E-state index is 9.83. The van der Waals surface area contributed by atoms with Crippen molar-refractivity contribution in [2.24, 2.45) is 0 Å². The van der Waals surface area contributed by atoms with Crippen LogP contribution in [0.3, 0.4) is 0 Å². The van der Waals surface area contributed by atoms with E-state index in [2.05, 4.69) is 6.58 Å². The van der Waals surface area contributed by atoms with E-state index in [0.717, 1.165) is 18.4 Å². The molecule has 1 saturated heterocycles. The van der Waals surface area contributed by atoms with Crippen molar-refractivity contribution in [1.29, 1.82) is 0 Å². The molecule has 1 saturated carbocycles. The van der Waals surface area contributed by atoms with Crippen LogP contribution in [-0.4, -0.2) is 22.9 Å². The second kappa shape index (κ2) is 2.57. The molecule has 0 bridgehead atoms. The first kappa shape index (κ1) is 8.27. The largest absolute Gasteiger partial charge is 0.386 e. The highest BCUT2D eigenvalue weighted by atomic mass is 16.6. The normalized spacial score (nSPS) is 41.7. The van der Waals surface area contributed by atoms with Gasteiger partial charge in [0.05, 0.1) is 6.10 Å². The van der Waals surface area contributed by atoms with Crippen LogP contribution in [0.4, 0.5) is 0 Å².